The molecule has 3 nitrogen and oxygen atoms in total. The van der Waals surface area contributed by atoms with Gasteiger partial charge in [0.25, 0.3) is 5.97 Å². The molecular weight excluding hydrogens is 298 g/mol. The number of rotatable bonds is 13. The van der Waals surface area contributed by atoms with Crippen molar-refractivity contribution in [3.05, 3.63) is 0 Å². The molecular formula is C21H43NO2. The highest BCUT2D eigenvalue weighted by atomic mass is 16.4. The molecule has 0 aromatic heterocycles. The fourth-order valence-corrected chi connectivity index (χ4v) is 3.65. The zero-order valence-corrected chi connectivity index (χ0v) is 16.7. The Morgan fingerprint density at radius 1 is 0.917 bits per heavy atom. The van der Waals surface area contributed by atoms with E-state index in [1.165, 1.54) is 103 Å². The molecule has 1 atom stereocenters. The van der Waals surface area contributed by atoms with Crippen molar-refractivity contribution in [3.63, 3.8) is 0 Å². The lowest BCUT2D eigenvalue weighted by Gasteiger charge is -2.23. The van der Waals surface area contributed by atoms with Crippen LogP contribution < -0.4 is 0 Å². The Morgan fingerprint density at radius 3 is 1.92 bits per heavy atom. The average Bonchev–Trinajstić information content (AvgIpc) is 2.96. The molecule has 1 saturated heterocycles. The minimum absolute atomic E-state index is 0.833. The van der Waals surface area contributed by atoms with Crippen LogP contribution in [0, 0.1) is 0 Å². The van der Waals surface area contributed by atoms with Crippen molar-refractivity contribution in [2.45, 2.75) is 117 Å². The van der Waals surface area contributed by atoms with Gasteiger partial charge in [0.05, 0.1) is 0 Å². The lowest BCUT2D eigenvalue weighted by atomic mass is 10.1. The van der Waals surface area contributed by atoms with Crippen molar-refractivity contribution in [2.24, 2.45) is 0 Å². The number of nitrogens with zero attached hydrogens (tertiary/aromatic N) is 1. The van der Waals surface area contributed by atoms with E-state index in [0.717, 1.165) is 13.0 Å². The highest BCUT2D eigenvalue weighted by Gasteiger charge is 2.22. The molecule has 1 aliphatic rings. The van der Waals surface area contributed by atoms with Gasteiger partial charge in [-0.15, -0.1) is 0 Å². The zero-order valence-electron chi connectivity index (χ0n) is 16.7. The molecule has 0 amide bonds. The second-order valence-electron chi connectivity index (χ2n) is 7.32. The summed E-state index contributed by atoms with van der Waals surface area (Å²) < 4.78 is 0. The third-order valence-corrected chi connectivity index (χ3v) is 4.92. The lowest BCUT2D eigenvalue weighted by molar-refractivity contribution is -0.134. The first-order valence-electron chi connectivity index (χ1n) is 10.5. The Balaban J connectivity index is 0.00000118. The molecule has 144 valence electrons. The molecule has 1 fully saturated rings. The summed E-state index contributed by atoms with van der Waals surface area (Å²) in [6, 6.07) is 0.929. The van der Waals surface area contributed by atoms with E-state index in [1.54, 1.807) is 0 Å². The van der Waals surface area contributed by atoms with Crippen LogP contribution in [-0.4, -0.2) is 35.1 Å². The molecule has 1 heterocycles. The summed E-state index contributed by atoms with van der Waals surface area (Å²) in [6.07, 6.45) is 20.3. The van der Waals surface area contributed by atoms with Crippen molar-refractivity contribution in [2.75, 3.05) is 13.1 Å². The number of aliphatic carboxylic acids is 1. The van der Waals surface area contributed by atoms with E-state index in [4.69, 9.17) is 9.90 Å². The number of unbranched alkanes of at least 4 members (excludes halogenated alkanes) is 9. The predicted octanol–water partition coefficient (Wildman–Crippen LogP) is 6.26. The summed E-state index contributed by atoms with van der Waals surface area (Å²) in [6.45, 7) is 8.46. The topological polar surface area (TPSA) is 40.5 Å². The summed E-state index contributed by atoms with van der Waals surface area (Å²) in [4.78, 5) is 11.8. The molecule has 3 heteroatoms. The number of carboxylic acid groups (broad SMARTS) is 1. The molecule has 1 rings (SSSR count). The number of carbonyl (C=O) groups is 1. The van der Waals surface area contributed by atoms with Crippen LogP contribution in [0.5, 0.6) is 0 Å². The van der Waals surface area contributed by atoms with Gasteiger partial charge in [-0.25, -0.2) is 0 Å². The summed E-state index contributed by atoms with van der Waals surface area (Å²) in [5, 5.41) is 7.42. The quantitative estimate of drug-likeness (QED) is 0.402. The molecule has 0 spiro atoms. The monoisotopic (exact) mass is 341 g/mol. The molecule has 1 unspecified atom stereocenters. The van der Waals surface area contributed by atoms with Gasteiger partial charge in [0, 0.05) is 13.0 Å². The van der Waals surface area contributed by atoms with Crippen LogP contribution in [0.3, 0.4) is 0 Å². The van der Waals surface area contributed by atoms with Crippen molar-refractivity contribution in [1.29, 1.82) is 0 Å². The first-order valence-corrected chi connectivity index (χ1v) is 10.5. The van der Waals surface area contributed by atoms with E-state index >= 15 is 0 Å². The van der Waals surface area contributed by atoms with E-state index < -0.39 is 5.97 Å². The van der Waals surface area contributed by atoms with E-state index in [1.807, 2.05) is 0 Å². The normalized spacial score (nSPS) is 17.5. The summed E-state index contributed by atoms with van der Waals surface area (Å²) in [5.41, 5.74) is 0. The highest BCUT2D eigenvalue weighted by molar-refractivity contribution is 5.62. The van der Waals surface area contributed by atoms with Gasteiger partial charge in [0.2, 0.25) is 0 Å². The Kier molecular flexibility index (Phi) is 16.8. The van der Waals surface area contributed by atoms with Gasteiger partial charge in [-0.1, -0.05) is 78.1 Å². The molecule has 0 aromatic carbocycles. The first kappa shape index (κ1) is 23.4. The van der Waals surface area contributed by atoms with Crippen LogP contribution in [0.2, 0.25) is 0 Å². The van der Waals surface area contributed by atoms with Crippen LogP contribution in [0.15, 0.2) is 0 Å². The van der Waals surface area contributed by atoms with Gasteiger partial charge in [-0.3, -0.25) is 4.79 Å². The fraction of sp³-hybridized carbons (Fsp3) is 0.952. The van der Waals surface area contributed by atoms with Crippen LogP contribution in [0.25, 0.3) is 0 Å². The molecule has 0 bridgehead atoms. The van der Waals surface area contributed by atoms with Crippen LogP contribution in [0.4, 0.5) is 0 Å². The SMILES string of the molecule is CC(=O)O.CCCCCCCCCCCCN1CCCC1CCC. The van der Waals surface area contributed by atoms with Crippen LogP contribution in [0.1, 0.15) is 111 Å². The molecule has 0 aliphatic carbocycles. The van der Waals surface area contributed by atoms with Crippen molar-refractivity contribution in [3.8, 4) is 0 Å². The zero-order chi connectivity index (χ0) is 18.0. The minimum Gasteiger partial charge on any atom is -0.481 e. The van der Waals surface area contributed by atoms with Crippen molar-refractivity contribution in [1.82, 2.24) is 4.90 Å². The van der Waals surface area contributed by atoms with E-state index in [9.17, 15) is 0 Å². The largest absolute Gasteiger partial charge is 0.481 e. The van der Waals surface area contributed by atoms with Gasteiger partial charge < -0.3 is 10.0 Å². The maximum Gasteiger partial charge on any atom is 0.300 e. The molecule has 1 aliphatic heterocycles. The molecule has 1 N–H and O–H groups in total. The van der Waals surface area contributed by atoms with Gasteiger partial charge in [-0.2, -0.15) is 0 Å². The molecule has 0 radical (unpaired) electrons. The second-order valence-corrected chi connectivity index (χ2v) is 7.32. The van der Waals surface area contributed by atoms with Crippen molar-refractivity contribution >= 4 is 5.97 Å². The Labute approximate surface area is 151 Å². The van der Waals surface area contributed by atoms with Gasteiger partial charge in [0.15, 0.2) is 0 Å². The van der Waals surface area contributed by atoms with Gasteiger partial charge in [-0.05, 0) is 38.8 Å². The molecule has 0 saturated carbocycles. The van der Waals surface area contributed by atoms with Crippen LogP contribution >= 0.6 is 0 Å². The van der Waals surface area contributed by atoms with E-state index in [0.29, 0.717) is 0 Å². The number of hydrogen-bond donors (Lipinski definition) is 1. The van der Waals surface area contributed by atoms with E-state index in [2.05, 4.69) is 18.7 Å². The maximum absolute atomic E-state index is 9.00. The smallest absolute Gasteiger partial charge is 0.300 e. The fourth-order valence-electron chi connectivity index (χ4n) is 3.65. The highest BCUT2D eigenvalue weighted by Crippen LogP contribution is 2.22. The second kappa shape index (κ2) is 17.3. The average molecular weight is 342 g/mol. The van der Waals surface area contributed by atoms with Gasteiger partial charge >= 0.3 is 0 Å². The number of carboxylic acids is 1. The van der Waals surface area contributed by atoms with Gasteiger partial charge in [0.1, 0.15) is 0 Å². The standard InChI is InChI=1S/C19H39N.C2H4O2/c1-3-5-6-7-8-9-10-11-12-13-17-20-18-14-16-19(20)15-4-2;1-2(3)4/h19H,3-18H2,1-2H3;1H3,(H,3,4). The Hall–Kier alpha value is -0.570. The summed E-state index contributed by atoms with van der Waals surface area (Å²) in [5.74, 6) is -0.833. The number of likely N-dealkylation sites (tertiary alicyclic amines) is 1. The third-order valence-electron chi connectivity index (χ3n) is 4.92. The maximum atomic E-state index is 9.00. The lowest BCUT2D eigenvalue weighted by Crippen LogP contribution is -2.30. The minimum atomic E-state index is -0.833. The van der Waals surface area contributed by atoms with Crippen molar-refractivity contribution < 1.29 is 9.90 Å². The Morgan fingerprint density at radius 2 is 1.42 bits per heavy atom. The van der Waals surface area contributed by atoms with Crippen LogP contribution in [-0.2, 0) is 4.79 Å². The molecule has 0 aromatic rings. The summed E-state index contributed by atoms with van der Waals surface area (Å²) in [7, 11) is 0. The third kappa shape index (κ3) is 15.0. The number of hydrogen-bond acceptors (Lipinski definition) is 2. The first-order chi connectivity index (χ1) is 11.6. The predicted molar refractivity (Wildman–Crippen MR) is 105 cm³/mol. The molecule has 24 heavy (non-hydrogen) atoms. The van der Waals surface area contributed by atoms with E-state index in [-0.39, 0.29) is 0 Å². The Bertz CT molecular complexity index is 277. The summed E-state index contributed by atoms with van der Waals surface area (Å²) >= 11 is 0.